The van der Waals surface area contributed by atoms with Crippen molar-refractivity contribution >= 4 is 40.2 Å². The van der Waals surface area contributed by atoms with Crippen molar-refractivity contribution in [2.75, 3.05) is 5.73 Å². The van der Waals surface area contributed by atoms with Gasteiger partial charge in [0.25, 0.3) is 0 Å². The topological polar surface area (TPSA) is 48.1 Å². The van der Waals surface area contributed by atoms with E-state index in [0.717, 1.165) is 10.7 Å². The van der Waals surface area contributed by atoms with Crippen molar-refractivity contribution in [2.24, 2.45) is 0 Å². The molecule has 0 unspecified atom stereocenters. The molecule has 0 aliphatic heterocycles. The largest absolute Gasteiger partial charge is 0.483 e. The number of aromatic nitrogens is 1. The number of ether oxygens (including phenoxy) is 1. The zero-order chi connectivity index (χ0) is 14.9. The summed E-state index contributed by atoms with van der Waals surface area (Å²) in [5.74, 6) is 0.440. The number of nitrogen functional groups attached to an aromatic ring is 1. The zero-order valence-corrected chi connectivity index (χ0v) is 13.9. The lowest BCUT2D eigenvalue weighted by atomic mass is 9.93. The van der Waals surface area contributed by atoms with Crippen molar-refractivity contribution in [2.45, 2.75) is 32.8 Å². The summed E-state index contributed by atoms with van der Waals surface area (Å²) in [5.41, 5.74) is 7.25. The highest BCUT2D eigenvalue weighted by molar-refractivity contribution is 7.09. The predicted molar refractivity (Wildman–Crippen MR) is 86.0 cm³/mol. The molecule has 2 rings (SSSR count). The third kappa shape index (κ3) is 3.57. The summed E-state index contributed by atoms with van der Waals surface area (Å²) in [6.45, 7) is 6.71. The summed E-state index contributed by atoms with van der Waals surface area (Å²) in [5, 5.41) is 3.74. The SMILES string of the molecule is CC(C)(C)c1csc(COc2c(Cl)cc(N)cc2Cl)n1. The molecular weight excluding hydrogens is 315 g/mol. The van der Waals surface area contributed by atoms with Crippen LogP contribution < -0.4 is 10.5 Å². The van der Waals surface area contributed by atoms with Crippen LogP contribution in [0.5, 0.6) is 5.75 Å². The Morgan fingerprint density at radius 1 is 1.25 bits per heavy atom. The van der Waals surface area contributed by atoms with Gasteiger partial charge in [-0.2, -0.15) is 0 Å². The van der Waals surface area contributed by atoms with Crippen molar-refractivity contribution in [3.63, 3.8) is 0 Å². The Kier molecular flexibility index (Phi) is 4.47. The van der Waals surface area contributed by atoms with Gasteiger partial charge in [0.1, 0.15) is 11.6 Å². The Hall–Kier alpha value is -0.970. The number of hydrogen-bond acceptors (Lipinski definition) is 4. The fraction of sp³-hybridized carbons (Fsp3) is 0.357. The van der Waals surface area contributed by atoms with Crippen molar-refractivity contribution in [1.82, 2.24) is 4.98 Å². The second kappa shape index (κ2) is 5.80. The van der Waals surface area contributed by atoms with Gasteiger partial charge in [0.05, 0.1) is 15.7 Å². The normalized spacial score (nSPS) is 11.7. The first kappa shape index (κ1) is 15.4. The maximum atomic E-state index is 6.07. The van der Waals surface area contributed by atoms with Crippen LogP contribution in [0.3, 0.4) is 0 Å². The maximum absolute atomic E-state index is 6.07. The van der Waals surface area contributed by atoms with Gasteiger partial charge >= 0.3 is 0 Å². The Bertz CT molecular complexity index is 597. The molecule has 1 aromatic carbocycles. The van der Waals surface area contributed by atoms with E-state index in [1.54, 1.807) is 23.5 Å². The summed E-state index contributed by atoms with van der Waals surface area (Å²) in [6, 6.07) is 3.23. The molecule has 1 heterocycles. The third-order valence-electron chi connectivity index (χ3n) is 2.68. The lowest BCUT2D eigenvalue weighted by Crippen LogP contribution is -2.11. The lowest BCUT2D eigenvalue weighted by molar-refractivity contribution is 0.305. The minimum absolute atomic E-state index is 0.0330. The quantitative estimate of drug-likeness (QED) is 0.813. The van der Waals surface area contributed by atoms with Gasteiger partial charge in [0, 0.05) is 16.5 Å². The Labute approximate surface area is 132 Å². The number of nitrogens with zero attached hydrogens (tertiary/aromatic N) is 1. The fourth-order valence-electron chi connectivity index (χ4n) is 1.57. The number of halogens is 2. The van der Waals surface area contributed by atoms with Gasteiger partial charge in [0.15, 0.2) is 5.75 Å². The molecule has 6 heteroatoms. The summed E-state index contributed by atoms with van der Waals surface area (Å²) >= 11 is 13.7. The van der Waals surface area contributed by atoms with Crippen molar-refractivity contribution in [3.8, 4) is 5.75 Å². The average molecular weight is 331 g/mol. The van der Waals surface area contributed by atoms with Crippen molar-refractivity contribution in [1.29, 1.82) is 0 Å². The second-order valence-corrected chi connectivity index (χ2v) is 7.24. The molecular formula is C14H16Cl2N2OS. The number of thiazole rings is 1. The standard InChI is InChI=1S/C14H16Cl2N2OS/c1-14(2,3)11-7-20-12(18-11)6-19-13-9(15)4-8(17)5-10(13)16/h4-5,7H,6,17H2,1-3H3. The van der Waals surface area contributed by atoms with E-state index < -0.39 is 0 Å². The smallest absolute Gasteiger partial charge is 0.157 e. The summed E-state index contributed by atoms with van der Waals surface area (Å²) in [4.78, 5) is 4.56. The molecule has 0 spiro atoms. The second-order valence-electron chi connectivity index (χ2n) is 5.48. The first-order valence-electron chi connectivity index (χ1n) is 6.09. The van der Waals surface area contributed by atoms with E-state index in [9.17, 15) is 0 Å². The third-order valence-corrected chi connectivity index (χ3v) is 4.06. The van der Waals surface area contributed by atoms with Crippen LogP contribution in [-0.2, 0) is 12.0 Å². The van der Waals surface area contributed by atoms with E-state index in [0.29, 0.717) is 28.1 Å². The van der Waals surface area contributed by atoms with Crippen molar-refractivity contribution in [3.05, 3.63) is 38.3 Å². The van der Waals surface area contributed by atoms with Gasteiger partial charge in [-0.1, -0.05) is 44.0 Å². The molecule has 0 fully saturated rings. The molecule has 1 aromatic heterocycles. The van der Waals surface area contributed by atoms with Crippen LogP contribution in [-0.4, -0.2) is 4.98 Å². The summed E-state index contributed by atoms with van der Waals surface area (Å²) in [6.07, 6.45) is 0. The molecule has 2 N–H and O–H groups in total. The Balaban J connectivity index is 2.12. The molecule has 0 aliphatic carbocycles. The van der Waals surface area contributed by atoms with Gasteiger partial charge in [-0.3, -0.25) is 0 Å². The van der Waals surface area contributed by atoms with E-state index >= 15 is 0 Å². The molecule has 0 amide bonds. The van der Waals surface area contributed by atoms with Crippen LogP contribution in [0.15, 0.2) is 17.5 Å². The monoisotopic (exact) mass is 330 g/mol. The number of benzene rings is 1. The first-order valence-corrected chi connectivity index (χ1v) is 7.73. The molecule has 0 atom stereocenters. The first-order chi connectivity index (χ1) is 9.27. The highest BCUT2D eigenvalue weighted by Gasteiger charge is 2.18. The summed E-state index contributed by atoms with van der Waals surface area (Å²) in [7, 11) is 0. The molecule has 2 aromatic rings. The zero-order valence-electron chi connectivity index (χ0n) is 11.5. The minimum atomic E-state index is 0.0330. The predicted octanol–water partition coefficient (Wildman–Crippen LogP) is 4.91. The molecule has 0 radical (unpaired) electrons. The van der Waals surface area contributed by atoms with Crippen LogP contribution in [0.1, 0.15) is 31.5 Å². The number of nitrogens with two attached hydrogens (primary N) is 1. The van der Waals surface area contributed by atoms with Crippen LogP contribution in [0, 0.1) is 0 Å². The van der Waals surface area contributed by atoms with Gasteiger partial charge in [-0.15, -0.1) is 11.3 Å². The van der Waals surface area contributed by atoms with E-state index in [2.05, 4.69) is 25.8 Å². The highest BCUT2D eigenvalue weighted by Crippen LogP contribution is 2.36. The van der Waals surface area contributed by atoms with Crippen molar-refractivity contribution < 1.29 is 4.74 Å². The maximum Gasteiger partial charge on any atom is 0.157 e. The molecule has 0 bridgehead atoms. The molecule has 0 saturated heterocycles. The number of hydrogen-bond donors (Lipinski definition) is 1. The van der Waals surface area contributed by atoms with Crippen LogP contribution in [0.2, 0.25) is 10.0 Å². The van der Waals surface area contributed by atoms with Gasteiger partial charge in [-0.05, 0) is 12.1 Å². The number of rotatable bonds is 3. The van der Waals surface area contributed by atoms with Gasteiger partial charge < -0.3 is 10.5 Å². The van der Waals surface area contributed by atoms with Gasteiger partial charge in [0.2, 0.25) is 0 Å². The van der Waals surface area contributed by atoms with E-state index in [4.69, 9.17) is 33.7 Å². The Morgan fingerprint density at radius 3 is 2.35 bits per heavy atom. The average Bonchev–Trinajstić information content (AvgIpc) is 2.75. The van der Waals surface area contributed by atoms with E-state index in [1.807, 2.05) is 5.38 Å². The van der Waals surface area contributed by atoms with Gasteiger partial charge in [-0.25, -0.2) is 4.98 Å². The van der Waals surface area contributed by atoms with Crippen LogP contribution in [0.25, 0.3) is 0 Å². The van der Waals surface area contributed by atoms with E-state index in [-0.39, 0.29) is 5.41 Å². The molecule has 0 aliphatic rings. The molecule has 20 heavy (non-hydrogen) atoms. The Morgan fingerprint density at radius 2 is 1.85 bits per heavy atom. The molecule has 108 valence electrons. The van der Waals surface area contributed by atoms with E-state index in [1.165, 1.54) is 0 Å². The minimum Gasteiger partial charge on any atom is -0.483 e. The highest BCUT2D eigenvalue weighted by atomic mass is 35.5. The lowest BCUT2D eigenvalue weighted by Gasteiger charge is -2.14. The molecule has 0 saturated carbocycles. The fourth-order valence-corrected chi connectivity index (χ4v) is 3.12. The van der Waals surface area contributed by atoms with Crippen LogP contribution >= 0.6 is 34.5 Å². The number of anilines is 1. The molecule has 3 nitrogen and oxygen atoms in total. The van der Waals surface area contributed by atoms with Crippen LogP contribution in [0.4, 0.5) is 5.69 Å². The summed E-state index contributed by atoms with van der Waals surface area (Å²) < 4.78 is 5.66.